The van der Waals surface area contributed by atoms with Crippen LogP contribution in [0.3, 0.4) is 0 Å². The number of amides is 1. The van der Waals surface area contributed by atoms with Crippen LogP contribution in [0.25, 0.3) is 10.2 Å². The summed E-state index contributed by atoms with van der Waals surface area (Å²) in [6.45, 7) is 2.03. The molecular weight excluding hydrogens is 436 g/mol. The summed E-state index contributed by atoms with van der Waals surface area (Å²) in [7, 11) is 1.29. The zero-order chi connectivity index (χ0) is 22.7. The number of hydrogen-bond acceptors (Lipinski definition) is 8. The Morgan fingerprint density at radius 1 is 1.12 bits per heavy atom. The molecule has 4 rings (SSSR count). The third kappa shape index (κ3) is 4.50. The number of carbonyl (C=O) groups excluding carboxylic acids is 3. The van der Waals surface area contributed by atoms with Crippen LogP contribution >= 0.6 is 11.3 Å². The Morgan fingerprint density at radius 2 is 1.94 bits per heavy atom. The van der Waals surface area contributed by atoms with Gasteiger partial charge in [-0.15, -0.1) is 0 Å². The van der Waals surface area contributed by atoms with Crippen LogP contribution in [0.1, 0.15) is 22.8 Å². The van der Waals surface area contributed by atoms with E-state index in [1.54, 1.807) is 47.9 Å². The van der Waals surface area contributed by atoms with Crippen molar-refractivity contribution >= 4 is 39.4 Å². The Morgan fingerprint density at radius 3 is 2.72 bits per heavy atom. The standard InChI is InChI=1S/C22H20N2O7S/c1-3-29-21(27)14-5-6-15-18(10-14)32-22(24(15)11-20(26)28-2)23-19(25)9-13-4-7-16-17(8-13)31-12-30-16/h4-8,10H,3,9,11-12H2,1-2H3. The minimum absolute atomic E-state index is 0.0528. The first-order valence-corrected chi connectivity index (χ1v) is 10.6. The molecule has 0 atom stereocenters. The predicted molar refractivity (Wildman–Crippen MR) is 115 cm³/mol. The van der Waals surface area contributed by atoms with Crippen LogP contribution < -0.4 is 14.3 Å². The van der Waals surface area contributed by atoms with E-state index in [9.17, 15) is 14.4 Å². The van der Waals surface area contributed by atoms with Crippen molar-refractivity contribution in [3.8, 4) is 11.5 Å². The molecule has 0 bridgehead atoms. The maximum atomic E-state index is 12.7. The van der Waals surface area contributed by atoms with Gasteiger partial charge < -0.3 is 23.5 Å². The molecule has 32 heavy (non-hydrogen) atoms. The largest absolute Gasteiger partial charge is 0.468 e. The van der Waals surface area contributed by atoms with Crippen molar-refractivity contribution in [3.63, 3.8) is 0 Å². The number of hydrogen-bond donors (Lipinski definition) is 0. The van der Waals surface area contributed by atoms with Crippen LogP contribution in [0.5, 0.6) is 11.5 Å². The number of benzene rings is 2. The van der Waals surface area contributed by atoms with Gasteiger partial charge in [0.2, 0.25) is 6.79 Å². The number of nitrogens with zero attached hydrogens (tertiary/aromatic N) is 2. The van der Waals surface area contributed by atoms with Gasteiger partial charge in [0.05, 0.1) is 35.9 Å². The fourth-order valence-corrected chi connectivity index (χ4v) is 4.30. The van der Waals surface area contributed by atoms with Crippen LogP contribution in [0.2, 0.25) is 0 Å². The third-order valence-corrected chi connectivity index (χ3v) is 5.76. The fourth-order valence-electron chi connectivity index (χ4n) is 3.22. The molecule has 0 radical (unpaired) electrons. The van der Waals surface area contributed by atoms with Gasteiger partial charge in [0.1, 0.15) is 6.54 Å². The van der Waals surface area contributed by atoms with E-state index in [-0.39, 0.29) is 32.3 Å². The predicted octanol–water partition coefficient (Wildman–Crippen LogP) is 2.45. The van der Waals surface area contributed by atoms with Crippen molar-refractivity contribution < 1.29 is 33.3 Å². The molecule has 1 aromatic heterocycles. The molecule has 2 heterocycles. The van der Waals surface area contributed by atoms with Gasteiger partial charge >= 0.3 is 11.9 Å². The van der Waals surface area contributed by atoms with Crippen molar-refractivity contribution in [3.05, 3.63) is 52.3 Å². The number of esters is 2. The summed E-state index contributed by atoms with van der Waals surface area (Å²) >= 11 is 1.20. The number of aromatic nitrogens is 1. The number of fused-ring (bicyclic) bond motifs is 2. The maximum absolute atomic E-state index is 12.7. The zero-order valence-corrected chi connectivity index (χ0v) is 18.3. The molecule has 0 spiro atoms. The van der Waals surface area contributed by atoms with Crippen molar-refractivity contribution in [2.24, 2.45) is 4.99 Å². The number of thiazole rings is 1. The highest BCUT2D eigenvalue weighted by atomic mass is 32.1. The summed E-state index contributed by atoms with van der Waals surface area (Å²) < 4.78 is 22.7. The van der Waals surface area contributed by atoms with Crippen LogP contribution in [-0.2, 0) is 32.0 Å². The van der Waals surface area contributed by atoms with Gasteiger partial charge in [-0.3, -0.25) is 9.59 Å². The topological polar surface area (TPSA) is 105 Å². The minimum Gasteiger partial charge on any atom is -0.468 e. The molecule has 9 nitrogen and oxygen atoms in total. The Bertz CT molecular complexity index is 1280. The van der Waals surface area contributed by atoms with Crippen molar-refractivity contribution in [2.75, 3.05) is 20.5 Å². The Balaban J connectivity index is 1.69. The second-order valence-electron chi connectivity index (χ2n) is 6.82. The first kappa shape index (κ1) is 21.6. The summed E-state index contributed by atoms with van der Waals surface area (Å²) in [5, 5.41) is 0. The van der Waals surface area contributed by atoms with Crippen LogP contribution in [0.15, 0.2) is 41.4 Å². The van der Waals surface area contributed by atoms with Crippen molar-refractivity contribution in [1.82, 2.24) is 4.57 Å². The highest BCUT2D eigenvalue weighted by Gasteiger charge is 2.17. The molecule has 0 N–H and O–H groups in total. The SMILES string of the molecule is CCOC(=O)c1ccc2c(c1)sc(=NC(=O)Cc1ccc3c(c1)OCO3)n2CC(=O)OC. The summed E-state index contributed by atoms with van der Waals surface area (Å²) in [5.41, 5.74) is 1.76. The van der Waals surface area contributed by atoms with E-state index in [1.807, 2.05) is 0 Å². The molecule has 1 amide bonds. The Kier molecular flexibility index (Phi) is 6.22. The first-order chi connectivity index (χ1) is 15.5. The zero-order valence-electron chi connectivity index (χ0n) is 17.5. The average molecular weight is 456 g/mol. The second-order valence-corrected chi connectivity index (χ2v) is 7.83. The fraction of sp³-hybridized carbons (Fsp3) is 0.273. The van der Waals surface area contributed by atoms with Gasteiger partial charge in [-0.1, -0.05) is 17.4 Å². The highest BCUT2D eigenvalue weighted by molar-refractivity contribution is 7.16. The van der Waals surface area contributed by atoms with E-state index in [0.29, 0.717) is 32.1 Å². The molecule has 0 saturated carbocycles. The van der Waals surface area contributed by atoms with Crippen LogP contribution in [0.4, 0.5) is 0 Å². The molecule has 1 aliphatic heterocycles. The van der Waals surface area contributed by atoms with E-state index < -0.39 is 11.9 Å². The Hall–Kier alpha value is -3.66. The van der Waals surface area contributed by atoms with Crippen LogP contribution in [0, 0.1) is 0 Å². The number of ether oxygens (including phenoxy) is 4. The van der Waals surface area contributed by atoms with Gasteiger partial charge in [0.15, 0.2) is 16.3 Å². The molecule has 10 heteroatoms. The molecule has 3 aromatic rings. The molecule has 0 fully saturated rings. The lowest BCUT2D eigenvalue weighted by Crippen LogP contribution is -2.22. The lowest BCUT2D eigenvalue weighted by atomic mass is 10.1. The van der Waals surface area contributed by atoms with Crippen molar-refractivity contribution in [2.45, 2.75) is 19.9 Å². The lowest BCUT2D eigenvalue weighted by Gasteiger charge is -2.05. The summed E-state index contributed by atoms with van der Waals surface area (Å²) in [4.78, 5) is 41.3. The van der Waals surface area contributed by atoms with Gasteiger partial charge in [0.25, 0.3) is 5.91 Å². The lowest BCUT2D eigenvalue weighted by molar-refractivity contribution is -0.141. The van der Waals surface area contributed by atoms with Gasteiger partial charge in [-0.2, -0.15) is 4.99 Å². The second kappa shape index (κ2) is 9.23. The molecule has 0 aliphatic carbocycles. The normalized spacial score (nSPS) is 12.8. The Labute approximate surface area is 186 Å². The summed E-state index contributed by atoms with van der Waals surface area (Å²) in [6.07, 6.45) is 0.0528. The first-order valence-electron chi connectivity index (χ1n) is 9.82. The number of carbonyl (C=O) groups is 3. The smallest absolute Gasteiger partial charge is 0.338 e. The molecule has 1 aliphatic rings. The molecular formula is C22H20N2O7S. The number of methoxy groups -OCH3 is 1. The molecule has 166 valence electrons. The van der Waals surface area contributed by atoms with Gasteiger partial charge in [0, 0.05) is 0 Å². The van der Waals surface area contributed by atoms with Crippen molar-refractivity contribution in [1.29, 1.82) is 0 Å². The summed E-state index contributed by atoms with van der Waals surface area (Å²) in [5.74, 6) is -0.0939. The van der Waals surface area contributed by atoms with Crippen LogP contribution in [-0.4, -0.2) is 42.9 Å². The van der Waals surface area contributed by atoms with E-state index >= 15 is 0 Å². The van der Waals surface area contributed by atoms with E-state index in [1.165, 1.54) is 18.4 Å². The minimum atomic E-state index is -0.483. The van der Waals surface area contributed by atoms with Gasteiger partial charge in [-0.25, -0.2) is 4.79 Å². The molecule has 0 saturated heterocycles. The summed E-state index contributed by atoms with van der Waals surface area (Å²) in [6, 6.07) is 10.2. The third-order valence-electron chi connectivity index (χ3n) is 4.72. The maximum Gasteiger partial charge on any atom is 0.338 e. The average Bonchev–Trinajstić information content (AvgIpc) is 3.37. The van der Waals surface area contributed by atoms with Gasteiger partial charge in [-0.05, 0) is 42.8 Å². The molecule has 2 aromatic carbocycles. The van der Waals surface area contributed by atoms with E-state index in [2.05, 4.69) is 4.99 Å². The van der Waals surface area contributed by atoms with E-state index in [0.717, 1.165) is 5.56 Å². The monoisotopic (exact) mass is 456 g/mol. The molecule has 0 unspecified atom stereocenters. The number of rotatable bonds is 6. The van der Waals surface area contributed by atoms with E-state index in [4.69, 9.17) is 18.9 Å². The quantitative estimate of drug-likeness (QED) is 0.525. The highest BCUT2D eigenvalue weighted by Crippen LogP contribution is 2.32.